The third kappa shape index (κ3) is 573. The van der Waals surface area contributed by atoms with Gasteiger partial charge in [-0.25, -0.2) is 0 Å². The molecule has 0 aliphatic carbocycles. The zero-order chi connectivity index (χ0) is 13.1. The molecule has 0 amide bonds. The maximum atomic E-state index is 9.33. The van der Waals surface area contributed by atoms with E-state index in [4.69, 9.17) is 0 Å². The number of rotatable bonds is 2. The van der Waals surface area contributed by atoms with Crippen LogP contribution < -0.4 is 10.2 Å². The lowest BCUT2D eigenvalue weighted by Crippen LogP contribution is -2.27. The van der Waals surface area contributed by atoms with Gasteiger partial charge >= 0.3 is 0 Å². The molecule has 0 atom stereocenters. The molecule has 15 heavy (non-hydrogen) atoms. The van der Waals surface area contributed by atoms with Gasteiger partial charge in [0.15, 0.2) is 0 Å². The molecule has 0 bridgehead atoms. The van der Waals surface area contributed by atoms with Crippen molar-refractivity contribution >= 4 is 0 Å². The van der Waals surface area contributed by atoms with Gasteiger partial charge in [-0.2, -0.15) is 0 Å². The van der Waals surface area contributed by atoms with Crippen LogP contribution >= 0.6 is 0 Å². The zero-order valence-electron chi connectivity index (χ0n) is 11.8. The Bertz CT molecular complexity index is 88.7. The summed E-state index contributed by atoms with van der Waals surface area (Å²) >= 11 is 0. The Morgan fingerprint density at radius 1 is 0.600 bits per heavy atom. The molecule has 0 aliphatic rings. The minimum atomic E-state index is -0.219. The smallest absolute Gasteiger partial charge is 0.0675 e. The van der Waals surface area contributed by atoms with Crippen LogP contribution in [0.2, 0.25) is 0 Å². The van der Waals surface area contributed by atoms with Gasteiger partial charge in [-0.05, 0) is 0 Å². The largest absolute Gasteiger partial charge is 0.854 e. The van der Waals surface area contributed by atoms with Gasteiger partial charge in [0, 0.05) is 0 Å². The molecule has 4 nitrogen and oxygen atoms in total. The van der Waals surface area contributed by atoms with Crippen LogP contribution in [0.1, 0.15) is 6.42 Å². The summed E-state index contributed by atoms with van der Waals surface area (Å²) in [6.07, 6.45) is 0.278. The third-order valence-corrected chi connectivity index (χ3v) is 0.289. The molecule has 4 heteroatoms. The van der Waals surface area contributed by atoms with E-state index < -0.39 is 0 Å². The number of nitrogens with zero attached hydrogens (tertiary/aromatic N) is 2. The molecule has 0 heterocycles. The fraction of sp³-hybridized carbons (Fsp3) is 1.00. The third-order valence-electron chi connectivity index (χ3n) is 0.289. The van der Waals surface area contributed by atoms with E-state index in [1.54, 1.807) is 0 Å². The highest BCUT2D eigenvalue weighted by Gasteiger charge is 1.88. The fourth-order valence-electron chi connectivity index (χ4n) is 0.0589. The minimum absolute atomic E-state index is 0.219. The second kappa shape index (κ2) is 10.4. The Kier molecular flexibility index (Phi) is 14.0. The van der Waals surface area contributed by atoms with E-state index in [0.717, 1.165) is 8.97 Å². The van der Waals surface area contributed by atoms with Crippen LogP contribution in [0, 0.1) is 0 Å². The second-order valence-electron chi connectivity index (χ2n) is 6.13. The van der Waals surface area contributed by atoms with Crippen LogP contribution in [0.15, 0.2) is 0 Å². The summed E-state index contributed by atoms with van der Waals surface area (Å²) in [6, 6.07) is 0. The Hall–Kier alpha value is -0.160. The zero-order valence-corrected chi connectivity index (χ0v) is 11.8. The van der Waals surface area contributed by atoms with Crippen LogP contribution in [0.4, 0.5) is 0 Å². The Labute approximate surface area is 95.9 Å². The van der Waals surface area contributed by atoms with Crippen LogP contribution in [-0.4, -0.2) is 78.6 Å². The molecule has 0 unspecified atom stereocenters. The van der Waals surface area contributed by atoms with Crippen LogP contribution in [0.3, 0.4) is 0 Å². The molecule has 0 aromatic heterocycles. The summed E-state index contributed by atoms with van der Waals surface area (Å²) < 4.78 is 2.00. The van der Waals surface area contributed by atoms with Crippen LogP contribution in [-0.2, 0) is 0 Å². The molecule has 96 valence electrons. The average Bonchev–Trinajstić information content (AvgIpc) is 1.80. The second-order valence-corrected chi connectivity index (χ2v) is 6.13. The van der Waals surface area contributed by atoms with Crippen molar-refractivity contribution in [2.75, 3.05) is 69.6 Å². The van der Waals surface area contributed by atoms with Gasteiger partial charge in [0.2, 0.25) is 0 Å². The van der Waals surface area contributed by atoms with Gasteiger partial charge in [0.05, 0.1) is 56.4 Å². The van der Waals surface area contributed by atoms with Gasteiger partial charge in [-0.15, -0.1) is 13.2 Å². The Balaban J connectivity index is -0.000000144. The lowest BCUT2D eigenvalue weighted by atomic mass is 10.5. The van der Waals surface area contributed by atoms with Gasteiger partial charge in [0.1, 0.15) is 0 Å². The van der Waals surface area contributed by atoms with E-state index in [-0.39, 0.29) is 19.6 Å². The molecular weight excluding hydrogens is 192 g/mol. The van der Waals surface area contributed by atoms with Crippen molar-refractivity contribution in [3.63, 3.8) is 0 Å². The van der Waals surface area contributed by atoms with Crippen molar-refractivity contribution in [1.82, 2.24) is 0 Å². The van der Waals surface area contributed by atoms with Crippen molar-refractivity contribution in [3.05, 3.63) is 0 Å². The average molecular weight is 222 g/mol. The monoisotopic (exact) mass is 222 g/mol. The normalized spacial score (nSPS) is 10.8. The van der Waals surface area contributed by atoms with Crippen molar-refractivity contribution in [2.45, 2.75) is 6.42 Å². The molecule has 0 radical (unpaired) electrons. The summed E-state index contributed by atoms with van der Waals surface area (Å²) in [5.41, 5.74) is 0. The maximum Gasteiger partial charge on any atom is 0.0675 e. The summed E-state index contributed by atoms with van der Waals surface area (Å²) in [4.78, 5) is 0. The van der Waals surface area contributed by atoms with E-state index in [2.05, 4.69) is 56.4 Å². The van der Waals surface area contributed by atoms with E-state index in [0.29, 0.717) is 0 Å². The topological polar surface area (TPSA) is 46.1 Å². The summed E-state index contributed by atoms with van der Waals surface area (Å²) in [6.45, 7) is -0.438. The highest BCUT2D eigenvalue weighted by atomic mass is 16.3. The molecule has 0 N–H and O–H groups in total. The van der Waals surface area contributed by atoms with Gasteiger partial charge in [0.25, 0.3) is 0 Å². The molecule has 0 spiro atoms. The van der Waals surface area contributed by atoms with Crippen molar-refractivity contribution in [3.8, 4) is 0 Å². The molecular formula is C11H30N2O2. The van der Waals surface area contributed by atoms with E-state index in [9.17, 15) is 10.2 Å². The lowest BCUT2D eigenvalue weighted by molar-refractivity contribution is -0.849. The van der Waals surface area contributed by atoms with Crippen LogP contribution in [0.25, 0.3) is 0 Å². The highest BCUT2D eigenvalue weighted by molar-refractivity contribution is 4.18. The molecule has 0 rings (SSSR count). The van der Waals surface area contributed by atoms with Gasteiger partial charge < -0.3 is 19.2 Å². The standard InChI is InChI=1S/2C4H12N.C3H6O2/c2*1-5(2,3)4;4-2-1-3-5/h2*1-4H3;1-3H2/q2*+1;-2. The first kappa shape index (κ1) is 20.3. The predicted octanol–water partition coefficient (Wildman–Crippen LogP) is -1.26. The molecule has 0 aliphatic heterocycles. The van der Waals surface area contributed by atoms with E-state index >= 15 is 0 Å². The molecule has 0 aromatic carbocycles. The molecule has 0 fully saturated rings. The van der Waals surface area contributed by atoms with Crippen molar-refractivity contribution in [1.29, 1.82) is 0 Å². The summed E-state index contributed by atoms with van der Waals surface area (Å²) in [5, 5.41) is 18.7. The lowest BCUT2D eigenvalue weighted by Gasteiger charge is -2.14. The first-order valence-electron chi connectivity index (χ1n) is 5.16. The van der Waals surface area contributed by atoms with Gasteiger partial charge in [-0.3, -0.25) is 0 Å². The first-order chi connectivity index (χ1) is 6.41. The fourth-order valence-corrected chi connectivity index (χ4v) is 0.0589. The quantitative estimate of drug-likeness (QED) is 0.548. The summed E-state index contributed by atoms with van der Waals surface area (Å²) in [7, 11) is 17.0. The molecule has 0 saturated carbocycles. The predicted molar refractivity (Wildman–Crippen MR) is 62.3 cm³/mol. The van der Waals surface area contributed by atoms with Crippen molar-refractivity contribution < 1.29 is 19.2 Å². The molecule has 0 saturated heterocycles. The SMILES string of the molecule is C[N+](C)(C)C.C[N+](C)(C)C.[O-]CCC[O-]. The number of hydrogen-bond acceptors (Lipinski definition) is 2. The molecule has 0 aromatic rings. The maximum absolute atomic E-state index is 9.33. The van der Waals surface area contributed by atoms with Gasteiger partial charge in [-0.1, -0.05) is 6.42 Å². The van der Waals surface area contributed by atoms with E-state index in [1.807, 2.05) is 0 Å². The van der Waals surface area contributed by atoms with Crippen LogP contribution in [0.5, 0.6) is 0 Å². The van der Waals surface area contributed by atoms with Crippen molar-refractivity contribution in [2.24, 2.45) is 0 Å². The highest BCUT2D eigenvalue weighted by Crippen LogP contribution is 1.74. The minimum Gasteiger partial charge on any atom is -0.854 e. The Morgan fingerprint density at radius 2 is 0.733 bits per heavy atom. The Morgan fingerprint density at radius 3 is 0.733 bits per heavy atom. The number of hydrogen-bond donors (Lipinski definition) is 0. The van der Waals surface area contributed by atoms with E-state index in [1.165, 1.54) is 0 Å². The summed E-state index contributed by atoms with van der Waals surface area (Å²) in [5.74, 6) is 0. The first-order valence-corrected chi connectivity index (χ1v) is 5.16. The number of quaternary nitrogens is 2.